The number of anilines is 2. The van der Waals surface area contributed by atoms with E-state index in [1.807, 2.05) is 12.1 Å². The molecule has 0 amide bonds. The lowest BCUT2D eigenvalue weighted by atomic mass is 10.3. The Bertz CT molecular complexity index is 813. The SMILES string of the molecule is COc1ccc2nc(Nc3ccccc3[N+](=O)[O-])[nH]c2c1. The van der Waals surface area contributed by atoms with Crippen molar-refractivity contribution in [1.82, 2.24) is 9.97 Å². The number of hydrogen-bond donors (Lipinski definition) is 2. The normalized spacial score (nSPS) is 10.5. The van der Waals surface area contributed by atoms with Crippen LogP contribution in [0.1, 0.15) is 0 Å². The highest BCUT2D eigenvalue weighted by atomic mass is 16.6. The molecule has 0 spiro atoms. The first kappa shape index (κ1) is 12.9. The maximum atomic E-state index is 11.0. The summed E-state index contributed by atoms with van der Waals surface area (Å²) in [4.78, 5) is 17.9. The maximum absolute atomic E-state index is 11.0. The zero-order valence-electron chi connectivity index (χ0n) is 11.2. The molecule has 0 unspecified atom stereocenters. The summed E-state index contributed by atoms with van der Waals surface area (Å²) < 4.78 is 5.14. The fourth-order valence-electron chi connectivity index (χ4n) is 2.04. The molecule has 3 rings (SSSR count). The third-order valence-electron chi connectivity index (χ3n) is 3.04. The Morgan fingerprint density at radius 2 is 2.10 bits per heavy atom. The molecule has 7 heteroatoms. The first-order valence-electron chi connectivity index (χ1n) is 6.21. The number of aromatic nitrogens is 2. The predicted molar refractivity (Wildman–Crippen MR) is 79.0 cm³/mol. The van der Waals surface area contributed by atoms with Gasteiger partial charge in [0.15, 0.2) is 0 Å². The van der Waals surface area contributed by atoms with E-state index in [4.69, 9.17) is 4.74 Å². The van der Waals surface area contributed by atoms with Crippen molar-refractivity contribution in [3.05, 3.63) is 52.6 Å². The van der Waals surface area contributed by atoms with Gasteiger partial charge < -0.3 is 15.0 Å². The van der Waals surface area contributed by atoms with Crippen LogP contribution in [0.5, 0.6) is 5.75 Å². The zero-order valence-corrected chi connectivity index (χ0v) is 11.2. The fraction of sp³-hybridized carbons (Fsp3) is 0.0714. The molecule has 0 fully saturated rings. The Balaban J connectivity index is 1.97. The van der Waals surface area contributed by atoms with Crippen molar-refractivity contribution in [2.75, 3.05) is 12.4 Å². The van der Waals surface area contributed by atoms with Crippen LogP contribution in [0.2, 0.25) is 0 Å². The minimum absolute atomic E-state index is 0.00413. The smallest absolute Gasteiger partial charge is 0.292 e. The number of nitrogens with zero attached hydrogens (tertiary/aromatic N) is 2. The van der Waals surface area contributed by atoms with Crippen molar-refractivity contribution < 1.29 is 9.66 Å². The van der Waals surface area contributed by atoms with E-state index in [2.05, 4.69) is 15.3 Å². The number of rotatable bonds is 4. The molecule has 0 aliphatic heterocycles. The Morgan fingerprint density at radius 1 is 1.29 bits per heavy atom. The lowest BCUT2D eigenvalue weighted by Crippen LogP contribution is -1.97. The van der Waals surface area contributed by atoms with Crippen LogP contribution in [0.25, 0.3) is 11.0 Å². The van der Waals surface area contributed by atoms with Gasteiger partial charge in [-0.3, -0.25) is 10.1 Å². The highest BCUT2D eigenvalue weighted by Gasteiger charge is 2.13. The van der Waals surface area contributed by atoms with E-state index in [0.717, 1.165) is 11.0 Å². The number of nitro benzene ring substituents is 1. The fourth-order valence-corrected chi connectivity index (χ4v) is 2.04. The highest BCUT2D eigenvalue weighted by Crippen LogP contribution is 2.27. The number of methoxy groups -OCH3 is 1. The predicted octanol–water partition coefficient (Wildman–Crippen LogP) is 3.22. The van der Waals surface area contributed by atoms with Crippen molar-refractivity contribution >= 4 is 28.4 Å². The molecular formula is C14H12N4O3. The summed E-state index contributed by atoms with van der Waals surface area (Å²) in [6.45, 7) is 0. The molecule has 1 heterocycles. The van der Waals surface area contributed by atoms with Gasteiger partial charge in [0.25, 0.3) is 5.69 Å². The van der Waals surface area contributed by atoms with Gasteiger partial charge in [-0.05, 0) is 18.2 Å². The van der Waals surface area contributed by atoms with Crippen LogP contribution in [-0.2, 0) is 0 Å². The molecule has 0 bridgehead atoms. The molecule has 21 heavy (non-hydrogen) atoms. The van der Waals surface area contributed by atoms with Crippen LogP contribution in [0.4, 0.5) is 17.3 Å². The summed E-state index contributed by atoms with van der Waals surface area (Å²) in [5.74, 6) is 1.15. The van der Waals surface area contributed by atoms with E-state index in [1.165, 1.54) is 6.07 Å². The first-order chi connectivity index (χ1) is 10.2. The number of hydrogen-bond acceptors (Lipinski definition) is 5. The monoisotopic (exact) mass is 284 g/mol. The summed E-state index contributed by atoms with van der Waals surface area (Å²) in [7, 11) is 1.59. The average Bonchev–Trinajstić information content (AvgIpc) is 2.88. The molecule has 2 N–H and O–H groups in total. The van der Waals surface area contributed by atoms with Crippen molar-refractivity contribution in [3.63, 3.8) is 0 Å². The van der Waals surface area contributed by atoms with Crippen LogP contribution < -0.4 is 10.1 Å². The van der Waals surface area contributed by atoms with Gasteiger partial charge in [0, 0.05) is 12.1 Å². The van der Waals surface area contributed by atoms with E-state index in [0.29, 0.717) is 17.4 Å². The quantitative estimate of drug-likeness (QED) is 0.566. The van der Waals surface area contributed by atoms with Gasteiger partial charge in [0.2, 0.25) is 5.95 Å². The Kier molecular flexibility index (Phi) is 3.15. The van der Waals surface area contributed by atoms with E-state index >= 15 is 0 Å². The highest BCUT2D eigenvalue weighted by molar-refractivity contribution is 5.80. The zero-order chi connectivity index (χ0) is 14.8. The van der Waals surface area contributed by atoms with E-state index in [-0.39, 0.29) is 5.69 Å². The lowest BCUT2D eigenvalue weighted by molar-refractivity contribution is -0.383. The number of ether oxygens (including phenoxy) is 1. The van der Waals surface area contributed by atoms with E-state index in [9.17, 15) is 10.1 Å². The maximum Gasteiger partial charge on any atom is 0.292 e. The number of nitro groups is 1. The summed E-state index contributed by atoms with van der Waals surface area (Å²) in [5.41, 5.74) is 1.91. The number of aromatic amines is 1. The molecule has 0 radical (unpaired) electrons. The van der Waals surface area contributed by atoms with Crippen LogP contribution in [0.3, 0.4) is 0 Å². The van der Waals surface area contributed by atoms with Gasteiger partial charge >= 0.3 is 0 Å². The molecule has 0 saturated heterocycles. The molecule has 7 nitrogen and oxygen atoms in total. The van der Waals surface area contributed by atoms with E-state index in [1.54, 1.807) is 31.4 Å². The van der Waals surface area contributed by atoms with Crippen LogP contribution >= 0.6 is 0 Å². The standard InChI is InChI=1S/C14H12N4O3/c1-21-9-6-7-10-12(8-9)17-14(15-10)16-11-4-2-3-5-13(11)18(19)20/h2-8H,1H3,(H2,15,16,17). The van der Waals surface area contributed by atoms with Crippen molar-refractivity contribution in [3.8, 4) is 5.75 Å². The lowest BCUT2D eigenvalue weighted by Gasteiger charge is -2.02. The summed E-state index contributed by atoms with van der Waals surface area (Å²) in [6.07, 6.45) is 0. The number of para-hydroxylation sites is 2. The van der Waals surface area contributed by atoms with Gasteiger partial charge in [-0.1, -0.05) is 12.1 Å². The molecule has 3 aromatic rings. The molecular weight excluding hydrogens is 272 g/mol. The van der Waals surface area contributed by atoms with Gasteiger partial charge in [-0.2, -0.15) is 0 Å². The Morgan fingerprint density at radius 3 is 2.86 bits per heavy atom. The second-order valence-electron chi connectivity index (χ2n) is 4.37. The molecule has 0 aliphatic carbocycles. The summed E-state index contributed by atoms with van der Waals surface area (Å²) in [5, 5.41) is 13.9. The van der Waals surface area contributed by atoms with Gasteiger partial charge in [-0.15, -0.1) is 0 Å². The number of nitrogens with one attached hydrogen (secondary N) is 2. The van der Waals surface area contributed by atoms with Crippen LogP contribution in [0.15, 0.2) is 42.5 Å². The number of H-pyrrole nitrogens is 1. The van der Waals surface area contributed by atoms with Gasteiger partial charge in [-0.25, -0.2) is 4.98 Å². The number of fused-ring (bicyclic) bond motifs is 1. The van der Waals surface area contributed by atoms with Crippen LogP contribution in [-0.4, -0.2) is 22.0 Å². The molecule has 1 aromatic heterocycles. The Labute approximate surface area is 119 Å². The van der Waals surface area contributed by atoms with Crippen LogP contribution in [0, 0.1) is 10.1 Å². The first-order valence-corrected chi connectivity index (χ1v) is 6.21. The minimum atomic E-state index is -0.436. The summed E-state index contributed by atoms with van der Waals surface area (Å²) >= 11 is 0. The van der Waals surface area contributed by atoms with Gasteiger partial charge in [0.1, 0.15) is 11.4 Å². The van der Waals surface area contributed by atoms with Gasteiger partial charge in [0.05, 0.1) is 23.1 Å². The minimum Gasteiger partial charge on any atom is -0.497 e. The van der Waals surface area contributed by atoms with Crippen molar-refractivity contribution in [1.29, 1.82) is 0 Å². The third-order valence-corrected chi connectivity index (χ3v) is 3.04. The Hall–Kier alpha value is -3.09. The largest absolute Gasteiger partial charge is 0.497 e. The second kappa shape index (κ2) is 5.12. The summed E-state index contributed by atoms with van der Waals surface area (Å²) in [6, 6.07) is 11.8. The number of imidazole rings is 1. The third kappa shape index (κ3) is 2.48. The van der Waals surface area contributed by atoms with Crippen molar-refractivity contribution in [2.45, 2.75) is 0 Å². The molecule has 106 valence electrons. The molecule has 0 atom stereocenters. The van der Waals surface area contributed by atoms with Crippen molar-refractivity contribution in [2.24, 2.45) is 0 Å². The molecule has 0 saturated carbocycles. The van der Waals surface area contributed by atoms with E-state index < -0.39 is 4.92 Å². The molecule has 0 aliphatic rings. The average molecular weight is 284 g/mol. The number of benzene rings is 2. The topological polar surface area (TPSA) is 93.1 Å². The second-order valence-corrected chi connectivity index (χ2v) is 4.37. The molecule has 2 aromatic carbocycles.